The van der Waals surface area contributed by atoms with Crippen LogP contribution in [0, 0.1) is 5.82 Å². The van der Waals surface area contributed by atoms with Gasteiger partial charge >= 0.3 is 5.97 Å². The molecular formula is C9H7ClF3NO2. The highest BCUT2D eigenvalue weighted by Gasteiger charge is 2.26. The van der Waals surface area contributed by atoms with Crippen LogP contribution in [0.3, 0.4) is 0 Å². The molecule has 88 valence electrons. The van der Waals surface area contributed by atoms with Crippen LogP contribution < -0.4 is 0 Å². The molecule has 0 aliphatic heterocycles. The Kier molecular flexibility index (Phi) is 4.12. The molecule has 0 saturated carbocycles. The predicted molar refractivity (Wildman–Crippen MR) is 50.0 cm³/mol. The number of rotatable bonds is 3. The lowest BCUT2D eigenvalue weighted by molar-refractivity contribution is 0.0580. The zero-order valence-corrected chi connectivity index (χ0v) is 8.89. The maximum Gasteiger partial charge on any atom is 0.342 e. The van der Waals surface area contributed by atoms with E-state index in [2.05, 4.69) is 9.72 Å². The molecule has 0 fully saturated rings. The normalized spacial score (nSPS) is 10.6. The average molecular weight is 254 g/mol. The minimum Gasteiger partial charge on any atom is -0.465 e. The molecule has 1 rings (SSSR count). The van der Waals surface area contributed by atoms with Crippen LogP contribution in [0.15, 0.2) is 6.20 Å². The summed E-state index contributed by atoms with van der Waals surface area (Å²) in [5, 5.41) is 0. The molecule has 0 bridgehead atoms. The molecule has 0 atom stereocenters. The first-order valence-electron chi connectivity index (χ1n) is 4.12. The summed E-state index contributed by atoms with van der Waals surface area (Å²) >= 11 is 5.36. The molecule has 0 radical (unpaired) electrons. The molecule has 0 N–H and O–H groups in total. The predicted octanol–water partition coefficient (Wildman–Crippen LogP) is 2.68. The van der Waals surface area contributed by atoms with E-state index in [0.29, 0.717) is 0 Å². The van der Waals surface area contributed by atoms with Crippen LogP contribution in [0.1, 0.15) is 28.0 Å². The van der Waals surface area contributed by atoms with Gasteiger partial charge in [0.2, 0.25) is 0 Å². The molecule has 7 heteroatoms. The molecule has 0 aromatic carbocycles. The summed E-state index contributed by atoms with van der Waals surface area (Å²) in [4.78, 5) is 14.5. The molecule has 1 heterocycles. The number of aromatic nitrogens is 1. The van der Waals surface area contributed by atoms with Crippen LogP contribution in [-0.4, -0.2) is 18.1 Å². The molecule has 16 heavy (non-hydrogen) atoms. The SMILES string of the molecule is COC(=O)c1c(C(F)F)ncc(CCl)c1F. The zero-order chi connectivity index (χ0) is 12.3. The van der Waals surface area contributed by atoms with Crippen molar-refractivity contribution in [1.29, 1.82) is 0 Å². The maximum absolute atomic E-state index is 13.6. The van der Waals surface area contributed by atoms with Crippen molar-refractivity contribution in [1.82, 2.24) is 4.98 Å². The van der Waals surface area contributed by atoms with E-state index in [-0.39, 0.29) is 11.4 Å². The van der Waals surface area contributed by atoms with E-state index in [9.17, 15) is 18.0 Å². The van der Waals surface area contributed by atoms with Crippen molar-refractivity contribution >= 4 is 17.6 Å². The molecule has 0 amide bonds. The van der Waals surface area contributed by atoms with Crippen LogP contribution >= 0.6 is 11.6 Å². The van der Waals surface area contributed by atoms with Gasteiger partial charge in [0.15, 0.2) is 0 Å². The average Bonchev–Trinajstić information content (AvgIpc) is 2.27. The third kappa shape index (κ3) is 2.27. The van der Waals surface area contributed by atoms with Crippen molar-refractivity contribution in [3.05, 3.63) is 28.8 Å². The Hall–Kier alpha value is -1.30. The van der Waals surface area contributed by atoms with E-state index >= 15 is 0 Å². The van der Waals surface area contributed by atoms with Gasteiger partial charge < -0.3 is 4.74 Å². The Bertz CT molecular complexity index is 412. The maximum atomic E-state index is 13.6. The number of hydrogen-bond donors (Lipinski definition) is 0. The molecule has 0 spiro atoms. The number of methoxy groups -OCH3 is 1. The third-order valence-electron chi connectivity index (χ3n) is 1.86. The standard InChI is InChI=1S/C9H7ClF3NO2/c1-16-9(15)5-6(11)4(2-10)3-14-7(5)8(12)13/h3,8H,2H2,1H3. The Labute approximate surface area is 94.2 Å². The lowest BCUT2D eigenvalue weighted by Gasteiger charge is -2.09. The van der Waals surface area contributed by atoms with Gasteiger partial charge in [-0.15, -0.1) is 11.6 Å². The minimum atomic E-state index is -3.06. The quantitative estimate of drug-likeness (QED) is 0.614. The molecule has 0 aliphatic rings. The highest BCUT2D eigenvalue weighted by molar-refractivity contribution is 6.17. The number of halogens is 4. The van der Waals surface area contributed by atoms with Gasteiger partial charge in [-0.25, -0.2) is 18.0 Å². The van der Waals surface area contributed by atoms with Gasteiger partial charge in [0.1, 0.15) is 17.1 Å². The Morgan fingerprint density at radius 2 is 2.25 bits per heavy atom. The van der Waals surface area contributed by atoms with Gasteiger partial charge in [-0.1, -0.05) is 0 Å². The number of nitrogens with zero attached hydrogens (tertiary/aromatic N) is 1. The van der Waals surface area contributed by atoms with Crippen molar-refractivity contribution in [3.8, 4) is 0 Å². The first-order valence-corrected chi connectivity index (χ1v) is 4.66. The fourth-order valence-electron chi connectivity index (χ4n) is 1.10. The number of ether oxygens (including phenoxy) is 1. The van der Waals surface area contributed by atoms with E-state index < -0.39 is 29.5 Å². The van der Waals surface area contributed by atoms with Crippen LogP contribution in [0.4, 0.5) is 13.2 Å². The summed E-state index contributed by atoms with van der Waals surface area (Å²) in [6.45, 7) is 0. The van der Waals surface area contributed by atoms with Gasteiger partial charge in [0.25, 0.3) is 6.43 Å². The summed E-state index contributed by atoms with van der Waals surface area (Å²) in [6.07, 6.45) is -2.19. The first kappa shape index (κ1) is 12.8. The van der Waals surface area contributed by atoms with Crippen LogP contribution in [0.5, 0.6) is 0 Å². The number of carbonyl (C=O) groups is 1. The number of hydrogen-bond acceptors (Lipinski definition) is 3. The van der Waals surface area contributed by atoms with Crippen molar-refractivity contribution in [2.75, 3.05) is 7.11 Å². The fraction of sp³-hybridized carbons (Fsp3) is 0.333. The Morgan fingerprint density at radius 1 is 1.62 bits per heavy atom. The van der Waals surface area contributed by atoms with Gasteiger partial charge in [-0.2, -0.15) is 0 Å². The van der Waals surface area contributed by atoms with E-state index in [1.54, 1.807) is 0 Å². The van der Waals surface area contributed by atoms with Crippen LogP contribution in [0.2, 0.25) is 0 Å². The molecule has 0 aliphatic carbocycles. The summed E-state index contributed by atoms with van der Waals surface area (Å²) in [5.74, 6) is -2.59. The molecule has 1 aromatic heterocycles. The van der Waals surface area contributed by atoms with E-state index in [0.717, 1.165) is 13.3 Å². The van der Waals surface area contributed by atoms with Crippen LogP contribution in [0.25, 0.3) is 0 Å². The highest BCUT2D eigenvalue weighted by atomic mass is 35.5. The summed E-state index contributed by atoms with van der Waals surface area (Å²) in [6, 6.07) is 0. The van der Waals surface area contributed by atoms with Crippen molar-refractivity contribution in [2.45, 2.75) is 12.3 Å². The Balaban J connectivity index is 3.42. The number of pyridine rings is 1. The third-order valence-corrected chi connectivity index (χ3v) is 2.15. The van der Waals surface area contributed by atoms with Crippen LogP contribution in [-0.2, 0) is 10.6 Å². The van der Waals surface area contributed by atoms with Gasteiger partial charge in [0, 0.05) is 11.8 Å². The number of carbonyl (C=O) groups excluding carboxylic acids is 1. The molecule has 0 unspecified atom stereocenters. The number of esters is 1. The zero-order valence-electron chi connectivity index (χ0n) is 8.14. The minimum absolute atomic E-state index is 0.133. The molecule has 0 saturated heterocycles. The first-order chi connectivity index (χ1) is 7.52. The second-order valence-electron chi connectivity index (χ2n) is 2.78. The highest BCUT2D eigenvalue weighted by Crippen LogP contribution is 2.25. The lowest BCUT2D eigenvalue weighted by Crippen LogP contribution is -2.13. The Morgan fingerprint density at radius 3 is 2.69 bits per heavy atom. The van der Waals surface area contributed by atoms with Crippen molar-refractivity contribution < 1.29 is 22.7 Å². The van der Waals surface area contributed by atoms with Gasteiger partial charge in [-0.3, -0.25) is 4.98 Å². The second kappa shape index (κ2) is 5.16. The topological polar surface area (TPSA) is 39.2 Å². The summed E-state index contributed by atoms with van der Waals surface area (Å²) < 4.78 is 42.7. The summed E-state index contributed by atoms with van der Waals surface area (Å²) in [5.41, 5.74) is -1.94. The summed E-state index contributed by atoms with van der Waals surface area (Å²) in [7, 11) is 0.963. The molecule has 3 nitrogen and oxygen atoms in total. The molecular weight excluding hydrogens is 247 g/mol. The molecule has 1 aromatic rings. The monoisotopic (exact) mass is 253 g/mol. The smallest absolute Gasteiger partial charge is 0.342 e. The second-order valence-corrected chi connectivity index (χ2v) is 3.05. The van der Waals surface area contributed by atoms with Gasteiger partial charge in [0.05, 0.1) is 13.0 Å². The van der Waals surface area contributed by atoms with E-state index in [1.807, 2.05) is 0 Å². The largest absolute Gasteiger partial charge is 0.465 e. The van der Waals surface area contributed by atoms with Gasteiger partial charge in [-0.05, 0) is 0 Å². The lowest BCUT2D eigenvalue weighted by atomic mass is 10.1. The van der Waals surface area contributed by atoms with Crippen molar-refractivity contribution in [3.63, 3.8) is 0 Å². The van der Waals surface area contributed by atoms with Crippen molar-refractivity contribution in [2.24, 2.45) is 0 Å². The van der Waals surface area contributed by atoms with E-state index in [4.69, 9.17) is 11.6 Å². The fourth-order valence-corrected chi connectivity index (χ4v) is 1.28. The number of alkyl halides is 3. The van der Waals surface area contributed by atoms with E-state index in [1.165, 1.54) is 0 Å².